The van der Waals surface area contributed by atoms with Gasteiger partial charge in [0.15, 0.2) is 0 Å². The molecular weight excluding hydrogens is 464 g/mol. The first kappa shape index (κ1) is 22.7. The normalized spacial score (nSPS) is 22.8. The van der Waals surface area contributed by atoms with Crippen molar-refractivity contribution in [3.63, 3.8) is 0 Å². The van der Waals surface area contributed by atoms with E-state index in [2.05, 4.69) is 14.9 Å². The Morgan fingerprint density at radius 1 is 1.06 bits per heavy atom. The Morgan fingerprint density at radius 3 is 2.66 bits per heavy atom. The SMILES string of the molecule is O=C(OCc1ccccc1)N1Cc2sc3ncnc(O[C@H]4CC[C@H](N5CCOCC5)CC4)c3c2C1. The van der Waals surface area contributed by atoms with Crippen molar-refractivity contribution in [3.8, 4) is 5.88 Å². The molecule has 35 heavy (non-hydrogen) atoms. The molecular formula is C26H30N4O4S. The minimum Gasteiger partial charge on any atom is -0.474 e. The quantitative estimate of drug-likeness (QED) is 0.521. The zero-order chi connectivity index (χ0) is 23.6. The van der Waals surface area contributed by atoms with Crippen molar-refractivity contribution < 1.29 is 19.0 Å². The molecule has 0 radical (unpaired) electrons. The van der Waals surface area contributed by atoms with Gasteiger partial charge in [0.25, 0.3) is 0 Å². The smallest absolute Gasteiger partial charge is 0.410 e. The van der Waals surface area contributed by atoms with Crippen LogP contribution in [0.25, 0.3) is 10.2 Å². The number of hydrogen-bond donors (Lipinski definition) is 0. The van der Waals surface area contributed by atoms with E-state index in [9.17, 15) is 4.79 Å². The largest absolute Gasteiger partial charge is 0.474 e. The van der Waals surface area contributed by atoms with Crippen molar-refractivity contribution in [2.24, 2.45) is 0 Å². The van der Waals surface area contributed by atoms with Gasteiger partial charge < -0.3 is 14.2 Å². The average Bonchev–Trinajstić information content (AvgIpc) is 3.47. The number of ether oxygens (including phenoxy) is 3. The Kier molecular flexibility index (Phi) is 6.54. The van der Waals surface area contributed by atoms with E-state index in [-0.39, 0.29) is 18.8 Å². The summed E-state index contributed by atoms with van der Waals surface area (Å²) in [7, 11) is 0. The first-order chi connectivity index (χ1) is 17.2. The molecule has 1 aromatic carbocycles. The van der Waals surface area contributed by atoms with Crippen LogP contribution in [0.1, 0.15) is 41.7 Å². The molecule has 4 heterocycles. The highest BCUT2D eigenvalue weighted by Crippen LogP contribution is 2.41. The van der Waals surface area contributed by atoms with E-state index in [0.717, 1.165) is 78.2 Å². The van der Waals surface area contributed by atoms with Gasteiger partial charge in [-0.1, -0.05) is 30.3 Å². The van der Waals surface area contributed by atoms with Crippen molar-refractivity contribution in [2.45, 2.75) is 57.5 Å². The molecule has 2 fully saturated rings. The van der Waals surface area contributed by atoms with Gasteiger partial charge in [0, 0.05) is 29.6 Å². The number of aromatic nitrogens is 2. The topological polar surface area (TPSA) is 77.0 Å². The third kappa shape index (κ3) is 4.85. The first-order valence-electron chi connectivity index (χ1n) is 12.4. The van der Waals surface area contributed by atoms with Gasteiger partial charge in [0.1, 0.15) is 23.9 Å². The molecule has 1 aliphatic carbocycles. The fourth-order valence-electron chi connectivity index (χ4n) is 5.38. The fourth-order valence-corrected chi connectivity index (χ4v) is 6.54. The number of carbonyl (C=O) groups is 1. The molecule has 0 spiro atoms. The highest BCUT2D eigenvalue weighted by atomic mass is 32.1. The molecule has 3 aliphatic rings. The molecule has 0 atom stereocenters. The van der Waals surface area contributed by atoms with Gasteiger partial charge in [-0.15, -0.1) is 11.3 Å². The molecule has 0 unspecified atom stereocenters. The van der Waals surface area contributed by atoms with Gasteiger partial charge in [-0.2, -0.15) is 0 Å². The van der Waals surface area contributed by atoms with Crippen LogP contribution in [0.15, 0.2) is 36.7 Å². The van der Waals surface area contributed by atoms with Crippen molar-refractivity contribution in [1.82, 2.24) is 19.8 Å². The van der Waals surface area contributed by atoms with Crippen LogP contribution in [-0.4, -0.2) is 64.3 Å². The maximum atomic E-state index is 12.7. The highest BCUT2D eigenvalue weighted by molar-refractivity contribution is 7.18. The Morgan fingerprint density at radius 2 is 1.86 bits per heavy atom. The number of fused-ring (bicyclic) bond motifs is 3. The lowest BCUT2D eigenvalue weighted by Gasteiger charge is -2.38. The first-order valence-corrected chi connectivity index (χ1v) is 13.3. The molecule has 2 aliphatic heterocycles. The number of amides is 1. The van der Waals surface area contributed by atoms with E-state index in [1.165, 1.54) is 0 Å². The Balaban J connectivity index is 1.10. The third-order valence-electron chi connectivity index (χ3n) is 7.27. The van der Waals surface area contributed by atoms with Gasteiger partial charge in [-0.25, -0.2) is 14.8 Å². The molecule has 2 aromatic heterocycles. The van der Waals surface area contributed by atoms with Crippen LogP contribution in [0.2, 0.25) is 0 Å². The van der Waals surface area contributed by atoms with Crippen molar-refractivity contribution in [1.29, 1.82) is 0 Å². The molecule has 3 aromatic rings. The van der Waals surface area contributed by atoms with Gasteiger partial charge in [-0.05, 0) is 31.2 Å². The summed E-state index contributed by atoms with van der Waals surface area (Å²) in [5.74, 6) is 0.654. The summed E-state index contributed by atoms with van der Waals surface area (Å²) in [6, 6.07) is 10.4. The van der Waals surface area contributed by atoms with E-state index >= 15 is 0 Å². The van der Waals surface area contributed by atoms with Gasteiger partial charge >= 0.3 is 6.09 Å². The van der Waals surface area contributed by atoms with E-state index in [0.29, 0.717) is 25.0 Å². The zero-order valence-corrected chi connectivity index (χ0v) is 20.5. The molecule has 9 heteroatoms. The number of carbonyl (C=O) groups excluding carboxylic acids is 1. The second kappa shape index (κ2) is 10.1. The summed E-state index contributed by atoms with van der Waals surface area (Å²) < 4.78 is 17.5. The number of nitrogens with zero attached hydrogens (tertiary/aromatic N) is 4. The minimum atomic E-state index is -0.300. The third-order valence-corrected chi connectivity index (χ3v) is 8.39. The molecule has 1 saturated carbocycles. The minimum absolute atomic E-state index is 0.161. The predicted octanol–water partition coefficient (Wildman–Crippen LogP) is 4.37. The maximum absolute atomic E-state index is 12.7. The van der Waals surface area contributed by atoms with Crippen LogP contribution < -0.4 is 4.74 Å². The monoisotopic (exact) mass is 494 g/mol. The second-order valence-electron chi connectivity index (χ2n) is 9.46. The Labute approximate surface area is 208 Å². The summed E-state index contributed by atoms with van der Waals surface area (Å²) in [5.41, 5.74) is 2.08. The molecule has 0 bridgehead atoms. The Hall–Kier alpha value is -2.75. The summed E-state index contributed by atoms with van der Waals surface area (Å²) >= 11 is 1.62. The number of thiophene rings is 1. The van der Waals surface area contributed by atoms with Crippen LogP contribution in [0.3, 0.4) is 0 Å². The van der Waals surface area contributed by atoms with Crippen LogP contribution in [0, 0.1) is 0 Å². The Bertz CT molecular complexity index is 1170. The predicted molar refractivity (Wildman–Crippen MR) is 132 cm³/mol. The molecule has 1 saturated heterocycles. The number of rotatable bonds is 5. The molecule has 8 nitrogen and oxygen atoms in total. The lowest BCUT2D eigenvalue weighted by Crippen LogP contribution is -2.46. The standard InChI is InChI=1S/C26H30N4O4S/c31-26(33-16-18-4-2-1-3-5-18)30-14-21-22(15-30)35-25-23(21)24(27-17-28-25)34-20-8-6-19(7-9-20)29-10-12-32-13-11-29/h1-5,17,19-20H,6-16H2/t19-,20-. The average molecular weight is 495 g/mol. The summed E-state index contributed by atoms with van der Waals surface area (Å²) in [6.07, 6.45) is 5.79. The maximum Gasteiger partial charge on any atom is 0.410 e. The van der Waals surface area contributed by atoms with Gasteiger partial charge in [0.2, 0.25) is 5.88 Å². The van der Waals surface area contributed by atoms with Gasteiger partial charge in [-0.3, -0.25) is 9.80 Å². The second-order valence-corrected chi connectivity index (χ2v) is 10.5. The van der Waals surface area contributed by atoms with E-state index < -0.39 is 0 Å². The molecule has 6 rings (SSSR count). The molecule has 0 N–H and O–H groups in total. The van der Waals surface area contributed by atoms with Crippen LogP contribution >= 0.6 is 11.3 Å². The lowest BCUT2D eigenvalue weighted by atomic mass is 9.91. The number of morpholine rings is 1. The van der Waals surface area contributed by atoms with Crippen LogP contribution in [0.5, 0.6) is 5.88 Å². The highest BCUT2D eigenvalue weighted by Gasteiger charge is 2.32. The van der Waals surface area contributed by atoms with E-state index in [1.54, 1.807) is 22.6 Å². The van der Waals surface area contributed by atoms with Crippen LogP contribution in [-0.2, 0) is 29.2 Å². The molecule has 1 amide bonds. The van der Waals surface area contributed by atoms with E-state index in [1.807, 2.05) is 30.3 Å². The van der Waals surface area contributed by atoms with Crippen molar-refractivity contribution >= 4 is 27.6 Å². The summed E-state index contributed by atoms with van der Waals surface area (Å²) in [5, 5.41) is 0.959. The van der Waals surface area contributed by atoms with Gasteiger partial charge in [0.05, 0.1) is 31.7 Å². The number of benzene rings is 1. The molecule has 184 valence electrons. The van der Waals surface area contributed by atoms with Crippen LogP contribution in [0.4, 0.5) is 4.79 Å². The van der Waals surface area contributed by atoms with Crippen molar-refractivity contribution in [3.05, 3.63) is 52.7 Å². The summed E-state index contributed by atoms with van der Waals surface area (Å²) in [4.78, 5) is 28.1. The fraction of sp³-hybridized carbons (Fsp3) is 0.500. The van der Waals surface area contributed by atoms with Crippen molar-refractivity contribution in [2.75, 3.05) is 26.3 Å². The number of hydrogen-bond acceptors (Lipinski definition) is 8. The zero-order valence-electron chi connectivity index (χ0n) is 19.7. The summed E-state index contributed by atoms with van der Waals surface area (Å²) in [6.45, 7) is 5.06. The lowest BCUT2D eigenvalue weighted by molar-refractivity contribution is -0.00126. The van der Waals surface area contributed by atoms with E-state index in [4.69, 9.17) is 14.2 Å².